The van der Waals surface area contributed by atoms with Crippen molar-refractivity contribution in [1.29, 1.82) is 0 Å². The summed E-state index contributed by atoms with van der Waals surface area (Å²) in [5, 5.41) is 2.46. The van der Waals surface area contributed by atoms with Crippen LogP contribution in [-0.4, -0.2) is 34.7 Å². The zero-order valence-corrected chi connectivity index (χ0v) is 12.3. The molecule has 0 aliphatic carbocycles. The number of nitrogens with two attached hydrogens (primary N) is 1. The minimum atomic E-state index is -0.469. The number of nitrogen functional groups attached to an aromatic ring is 1. The molecule has 1 aliphatic heterocycles. The molecule has 19 heavy (non-hydrogen) atoms. The second-order valence-electron chi connectivity index (χ2n) is 5.49. The second-order valence-corrected chi connectivity index (χ2v) is 6.38. The summed E-state index contributed by atoms with van der Waals surface area (Å²) in [6.45, 7) is 6.81. The van der Waals surface area contributed by atoms with Gasteiger partial charge in [-0.1, -0.05) is 6.08 Å². The van der Waals surface area contributed by atoms with Crippen molar-refractivity contribution >= 4 is 28.1 Å². The Kier molecular flexibility index (Phi) is 3.80. The zero-order valence-electron chi connectivity index (χ0n) is 11.5. The Hall–Kier alpha value is -1.56. The minimum Gasteiger partial charge on any atom is -0.444 e. The second kappa shape index (κ2) is 5.21. The largest absolute Gasteiger partial charge is 0.444 e. The first-order chi connectivity index (χ1) is 8.85. The van der Waals surface area contributed by atoms with Gasteiger partial charge in [0.15, 0.2) is 5.13 Å². The molecular weight excluding hydrogens is 262 g/mol. The van der Waals surface area contributed by atoms with Crippen LogP contribution in [0.25, 0.3) is 5.57 Å². The molecule has 0 spiro atoms. The van der Waals surface area contributed by atoms with E-state index in [4.69, 9.17) is 10.5 Å². The molecule has 6 heteroatoms. The number of anilines is 1. The van der Waals surface area contributed by atoms with E-state index >= 15 is 0 Å². The summed E-state index contributed by atoms with van der Waals surface area (Å²) in [5.74, 6) is 0. The van der Waals surface area contributed by atoms with Crippen molar-refractivity contribution in [3.05, 3.63) is 17.2 Å². The van der Waals surface area contributed by atoms with E-state index in [1.165, 1.54) is 11.3 Å². The first kappa shape index (κ1) is 13.9. The molecule has 0 unspecified atom stereocenters. The van der Waals surface area contributed by atoms with Crippen molar-refractivity contribution in [2.45, 2.75) is 32.8 Å². The summed E-state index contributed by atoms with van der Waals surface area (Å²) < 4.78 is 5.38. The average molecular weight is 281 g/mol. The number of thiazole rings is 1. The molecule has 1 aromatic heterocycles. The molecule has 2 heterocycles. The Balaban J connectivity index is 2.04. The standard InChI is InChI=1S/C13H19N3O2S/c1-13(2,3)18-12(17)16-6-4-5-9(7-16)10-8-19-11(14)15-10/h5,8H,4,6-7H2,1-3H3,(H2,14,15). The van der Waals surface area contributed by atoms with E-state index in [1.807, 2.05) is 26.2 Å². The Bertz CT molecular complexity index is 502. The number of carbonyl (C=O) groups excluding carboxylic acids is 1. The number of hydrogen-bond acceptors (Lipinski definition) is 5. The van der Waals surface area contributed by atoms with Crippen LogP contribution >= 0.6 is 11.3 Å². The Morgan fingerprint density at radius 2 is 2.26 bits per heavy atom. The fraction of sp³-hybridized carbons (Fsp3) is 0.538. The van der Waals surface area contributed by atoms with Crippen molar-refractivity contribution in [3.63, 3.8) is 0 Å². The number of nitrogens with zero attached hydrogens (tertiary/aromatic N) is 2. The number of ether oxygens (including phenoxy) is 1. The molecule has 0 saturated carbocycles. The fourth-order valence-corrected chi connectivity index (χ4v) is 2.43. The summed E-state index contributed by atoms with van der Waals surface area (Å²) >= 11 is 1.41. The highest BCUT2D eigenvalue weighted by Crippen LogP contribution is 2.24. The van der Waals surface area contributed by atoms with E-state index in [2.05, 4.69) is 11.1 Å². The smallest absolute Gasteiger partial charge is 0.410 e. The third-order valence-electron chi connectivity index (χ3n) is 2.65. The van der Waals surface area contributed by atoms with Crippen LogP contribution in [0.2, 0.25) is 0 Å². The van der Waals surface area contributed by atoms with Crippen LogP contribution < -0.4 is 5.73 Å². The lowest BCUT2D eigenvalue weighted by Gasteiger charge is -2.29. The van der Waals surface area contributed by atoms with Gasteiger partial charge in [-0.25, -0.2) is 9.78 Å². The van der Waals surface area contributed by atoms with Gasteiger partial charge in [-0.05, 0) is 32.8 Å². The van der Waals surface area contributed by atoms with Crippen LogP contribution in [0.15, 0.2) is 11.5 Å². The molecular formula is C13H19N3O2S. The molecule has 0 fully saturated rings. The van der Waals surface area contributed by atoms with Crippen LogP contribution in [-0.2, 0) is 4.74 Å². The maximum atomic E-state index is 12.0. The minimum absolute atomic E-state index is 0.277. The molecule has 0 saturated heterocycles. The van der Waals surface area contributed by atoms with Crippen molar-refractivity contribution < 1.29 is 9.53 Å². The molecule has 2 rings (SSSR count). The number of aromatic nitrogens is 1. The monoisotopic (exact) mass is 281 g/mol. The van der Waals surface area contributed by atoms with Gasteiger partial charge < -0.3 is 15.4 Å². The molecule has 0 aromatic carbocycles. The van der Waals surface area contributed by atoms with Gasteiger partial charge >= 0.3 is 6.09 Å². The summed E-state index contributed by atoms with van der Waals surface area (Å²) in [4.78, 5) is 18.0. The van der Waals surface area contributed by atoms with E-state index in [0.29, 0.717) is 18.2 Å². The summed E-state index contributed by atoms with van der Waals surface area (Å²) in [5.41, 5.74) is 7.06. The molecule has 1 aliphatic rings. The predicted molar refractivity (Wildman–Crippen MR) is 76.9 cm³/mol. The van der Waals surface area contributed by atoms with Gasteiger partial charge in [-0.3, -0.25) is 0 Å². The number of rotatable bonds is 1. The number of hydrogen-bond donors (Lipinski definition) is 1. The summed E-state index contributed by atoms with van der Waals surface area (Å²) in [7, 11) is 0. The Morgan fingerprint density at radius 1 is 1.53 bits per heavy atom. The molecule has 0 atom stereocenters. The quantitative estimate of drug-likeness (QED) is 0.859. The van der Waals surface area contributed by atoms with Gasteiger partial charge in [-0.15, -0.1) is 11.3 Å². The third-order valence-corrected chi connectivity index (χ3v) is 3.33. The van der Waals surface area contributed by atoms with Gasteiger partial charge in [-0.2, -0.15) is 0 Å². The molecule has 2 N–H and O–H groups in total. The fourth-order valence-electron chi connectivity index (χ4n) is 1.85. The van der Waals surface area contributed by atoms with Crippen LogP contribution in [0.3, 0.4) is 0 Å². The zero-order chi connectivity index (χ0) is 14.0. The van der Waals surface area contributed by atoms with E-state index in [-0.39, 0.29) is 6.09 Å². The van der Waals surface area contributed by atoms with Gasteiger partial charge in [0.25, 0.3) is 0 Å². The summed E-state index contributed by atoms with van der Waals surface area (Å²) in [6, 6.07) is 0. The highest BCUT2D eigenvalue weighted by molar-refractivity contribution is 7.13. The van der Waals surface area contributed by atoms with Crippen molar-refractivity contribution in [2.75, 3.05) is 18.8 Å². The van der Waals surface area contributed by atoms with Gasteiger partial charge in [0.1, 0.15) is 5.60 Å². The number of amides is 1. The molecule has 104 valence electrons. The molecule has 5 nitrogen and oxygen atoms in total. The van der Waals surface area contributed by atoms with Crippen LogP contribution in [0.4, 0.5) is 9.93 Å². The summed E-state index contributed by atoms with van der Waals surface area (Å²) in [6.07, 6.45) is 2.64. The van der Waals surface area contributed by atoms with E-state index < -0.39 is 5.60 Å². The van der Waals surface area contributed by atoms with Crippen LogP contribution in [0.5, 0.6) is 0 Å². The Labute approximate surface area is 117 Å². The van der Waals surface area contributed by atoms with Crippen molar-refractivity contribution in [2.24, 2.45) is 0 Å². The van der Waals surface area contributed by atoms with Crippen molar-refractivity contribution in [1.82, 2.24) is 9.88 Å². The normalized spacial score (nSPS) is 16.2. The third kappa shape index (κ3) is 3.70. The van der Waals surface area contributed by atoms with Gasteiger partial charge in [0, 0.05) is 11.9 Å². The van der Waals surface area contributed by atoms with E-state index in [1.54, 1.807) is 4.90 Å². The highest BCUT2D eigenvalue weighted by atomic mass is 32.1. The molecule has 0 bridgehead atoms. The average Bonchev–Trinajstić information content (AvgIpc) is 2.74. The lowest BCUT2D eigenvalue weighted by atomic mass is 10.1. The SMILES string of the molecule is CC(C)(C)OC(=O)N1CCC=C(c2csc(N)n2)C1. The van der Waals surface area contributed by atoms with Crippen LogP contribution in [0.1, 0.15) is 32.9 Å². The molecule has 0 radical (unpaired) electrons. The maximum absolute atomic E-state index is 12.0. The van der Waals surface area contributed by atoms with Crippen LogP contribution in [0, 0.1) is 0 Å². The van der Waals surface area contributed by atoms with Gasteiger partial charge in [0.2, 0.25) is 0 Å². The molecule has 1 aromatic rings. The first-order valence-corrected chi connectivity index (χ1v) is 7.11. The van der Waals surface area contributed by atoms with Crippen molar-refractivity contribution in [3.8, 4) is 0 Å². The highest BCUT2D eigenvalue weighted by Gasteiger charge is 2.25. The van der Waals surface area contributed by atoms with Gasteiger partial charge in [0.05, 0.1) is 12.2 Å². The topological polar surface area (TPSA) is 68.5 Å². The molecule has 1 amide bonds. The number of carbonyl (C=O) groups is 1. The van der Waals surface area contributed by atoms with E-state index in [0.717, 1.165) is 17.7 Å². The predicted octanol–water partition coefficient (Wildman–Crippen LogP) is 2.75. The first-order valence-electron chi connectivity index (χ1n) is 6.23. The lowest BCUT2D eigenvalue weighted by Crippen LogP contribution is -2.39. The maximum Gasteiger partial charge on any atom is 0.410 e. The Morgan fingerprint density at radius 3 is 2.84 bits per heavy atom. The van der Waals surface area contributed by atoms with E-state index in [9.17, 15) is 4.79 Å². The lowest BCUT2D eigenvalue weighted by molar-refractivity contribution is 0.0273.